The van der Waals surface area contributed by atoms with Crippen LogP contribution >= 0.6 is 0 Å². The molecule has 0 aliphatic rings. The minimum Gasteiger partial charge on any atom is -0.434 e. The fourth-order valence-electron chi connectivity index (χ4n) is 2.28. The van der Waals surface area contributed by atoms with Crippen molar-refractivity contribution in [3.05, 3.63) is 72.1 Å². The molecule has 0 aliphatic carbocycles. The molecule has 0 saturated heterocycles. The van der Waals surface area contributed by atoms with Crippen molar-refractivity contribution >= 4 is 28.0 Å². The number of benzene rings is 2. The largest absolute Gasteiger partial charge is 0.434 e. The van der Waals surface area contributed by atoms with Crippen molar-refractivity contribution in [1.82, 2.24) is 4.98 Å². The molecule has 0 N–H and O–H groups in total. The molecule has 1 heterocycles. The van der Waals surface area contributed by atoms with E-state index in [0.29, 0.717) is 11.7 Å². The van der Waals surface area contributed by atoms with E-state index in [1.165, 1.54) is 7.05 Å². The number of oxazole rings is 1. The summed E-state index contributed by atoms with van der Waals surface area (Å²) in [6, 6.07) is 19.0. The molecule has 0 spiro atoms. The molecule has 1 aromatic heterocycles. The fraction of sp³-hybridized carbons (Fsp3) is 0.105. The molecule has 0 fully saturated rings. The van der Waals surface area contributed by atoms with Gasteiger partial charge in [-0.1, -0.05) is 60.7 Å². The summed E-state index contributed by atoms with van der Waals surface area (Å²) in [7, 11) is -1.99. The van der Waals surface area contributed by atoms with Crippen LogP contribution in [0.4, 0.5) is 5.82 Å². The Kier molecular flexibility index (Phi) is 4.72. The molecule has 0 bridgehead atoms. The molecule has 2 aromatic carbocycles. The van der Waals surface area contributed by atoms with Crippen LogP contribution < -0.4 is 4.31 Å². The van der Waals surface area contributed by atoms with E-state index in [4.69, 9.17) is 4.42 Å². The van der Waals surface area contributed by atoms with Crippen LogP contribution in [0.5, 0.6) is 0 Å². The first kappa shape index (κ1) is 17.0. The van der Waals surface area contributed by atoms with Crippen LogP contribution in [-0.4, -0.2) is 26.7 Å². The van der Waals surface area contributed by atoms with Gasteiger partial charge in [0.1, 0.15) is 0 Å². The lowest BCUT2D eigenvalue weighted by Crippen LogP contribution is -2.25. The van der Waals surface area contributed by atoms with E-state index in [2.05, 4.69) is 4.98 Å². The van der Waals surface area contributed by atoms with Crippen molar-refractivity contribution in [3.63, 3.8) is 0 Å². The minimum absolute atomic E-state index is 0.265. The van der Waals surface area contributed by atoms with E-state index in [1.807, 2.05) is 66.7 Å². The van der Waals surface area contributed by atoms with Crippen LogP contribution in [0.1, 0.15) is 11.5 Å². The lowest BCUT2D eigenvalue weighted by molar-refractivity contribution is 0.560. The average molecular weight is 354 g/mol. The van der Waals surface area contributed by atoms with Gasteiger partial charge in [-0.3, -0.25) is 4.31 Å². The number of hydrogen-bond acceptors (Lipinski definition) is 4. The Labute approximate surface area is 147 Å². The summed E-state index contributed by atoms with van der Waals surface area (Å²) >= 11 is 0. The lowest BCUT2D eigenvalue weighted by Gasteiger charge is -2.14. The highest BCUT2D eigenvalue weighted by Gasteiger charge is 2.23. The van der Waals surface area contributed by atoms with Crippen LogP contribution in [-0.2, 0) is 10.0 Å². The molecule has 3 rings (SSSR count). The van der Waals surface area contributed by atoms with E-state index in [9.17, 15) is 8.42 Å². The number of anilines is 1. The van der Waals surface area contributed by atoms with Crippen LogP contribution in [0.3, 0.4) is 0 Å². The maximum Gasteiger partial charge on any atom is 0.233 e. The molecule has 128 valence electrons. The molecule has 25 heavy (non-hydrogen) atoms. The molecular formula is C19H18N2O3S. The lowest BCUT2D eigenvalue weighted by atomic mass is 10.2. The van der Waals surface area contributed by atoms with Gasteiger partial charge < -0.3 is 4.42 Å². The van der Waals surface area contributed by atoms with Gasteiger partial charge in [0.15, 0.2) is 11.6 Å². The zero-order valence-corrected chi connectivity index (χ0v) is 14.8. The molecule has 0 saturated carbocycles. The first-order valence-corrected chi connectivity index (χ1v) is 9.53. The second-order valence-corrected chi connectivity index (χ2v) is 7.56. The smallest absolute Gasteiger partial charge is 0.233 e. The SMILES string of the molecule is CN(c1nc(/C=C/c2ccccc2)oc1-c1ccccc1)S(C)(=O)=O. The predicted molar refractivity (Wildman–Crippen MR) is 101 cm³/mol. The highest BCUT2D eigenvalue weighted by Crippen LogP contribution is 2.32. The van der Waals surface area contributed by atoms with Crippen LogP contribution in [0.2, 0.25) is 0 Å². The summed E-state index contributed by atoms with van der Waals surface area (Å²) in [6.45, 7) is 0. The maximum absolute atomic E-state index is 11.9. The fourth-order valence-corrected chi connectivity index (χ4v) is 2.72. The highest BCUT2D eigenvalue weighted by atomic mass is 32.2. The monoisotopic (exact) mass is 354 g/mol. The van der Waals surface area contributed by atoms with E-state index >= 15 is 0 Å². The number of sulfonamides is 1. The number of aromatic nitrogens is 1. The molecular weight excluding hydrogens is 336 g/mol. The Hall–Kier alpha value is -2.86. The quantitative estimate of drug-likeness (QED) is 0.697. The summed E-state index contributed by atoms with van der Waals surface area (Å²) in [5, 5.41) is 0. The normalized spacial score (nSPS) is 11.8. The summed E-state index contributed by atoms with van der Waals surface area (Å²) in [4.78, 5) is 4.36. The Morgan fingerprint density at radius 1 is 0.960 bits per heavy atom. The zero-order chi connectivity index (χ0) is 17.9. The Balaban J connectivity index is 2.04. The van der Waals surface area contributed by atoms with Gasteiger partial charge in [0.2, 0.25) is 15.9 Å². The highest BCUT2D eigenvalue weighted by molar-refractivity contribution is 7.92. The topological polar surface area (TPSA) is 63.4 Å². The summed E-state index contributed by atoms with van der Waals surface area (Å²) in [6.07, 6.45) is 4.72. The van der Waals surface area contributed by atoms with E-state index in [0.717, 1.165) is 21.7 Å². The van der Waals surface area contributed by atoms with Crippen molar-refractivity contribution in [2.24, 2.45) is 0 Å². The molecule has 3 aromatic rings. The first-order chi connectivity index (χ1) is 11.9. The van der Waals surface area contributed by atoms with Gasteiger partial charge in [0.25, 0.3) is 0 Å². The predicted octanol–water partition coefficient (Wildman–Crippen LogP) is 3.91. The van der Waals surface area contributed by atoms with E-state index < -0.39 is 10.0 Å². The minimum atomic E-state index is -3.45. The third-order valence-corrected chi connectivity index (χ3v) is 4.84. The van der Waals surface area contributed by atoms with Gasteiger partial charge in [-0.25, -0.2) is 8.42 Å². The van der Waals surface area contributed by atoms with Gasteiger partial charge in [-0.05, 0) is 11.6 Å². The standard InChI is InChI=1S/C19H18N2O3S/c1-21(25(2,22)23)19-18(16-11-7-4-8-12-16)24-17(20-19)14-13-15-9-5-3-6-10-15/h3-14H,1-2H3/b14-13+. The first-order valence-electron chi connectivity index (χ1n) is 7.68. The second-order valence-electron chi connectivity index (χ2n) is 5.55. The van der Waals surface area contributed by atoms with Crippen LogP contribution in [0, 0.1) is 0 Å². The third-order valence-electron chi connectivity index (χ3n) is 3.68. The molecule has 0 radical (unpaired) electrons. The van der Waals surface area contributed by atoms with Crippen molar-refractivity contribution in [2.45, 2.75) is 0 Å². The summed E-state index contributed by atoms with van der Waals surface area (Å²) < 4.78 is 30.8. The van der Waals surface area contributed by atoms with E-state index in [1.54, 1.807) is 6.08 Å². The molecule has 0 unspecified atom stereocenters. The molecule has 0 amide bonds. The van der Waals surface area contributed by atoms with Crippen molar-refractivity contribution < 1.29 is 12.8 Å². The van der Waals surface area contributed by atoms with Crippen LogP contribution in [0.25, 0.3) is 23.5 Å². The Morgan fingerprint density at radius 2 is 1.56 bits per heavy atom. The Bertz CT molecular complexity index is 978. The molecule has 0 atom stereocenters. The van der Waals surface area contributed by atoms with Crippen LogP contribution in [0.15, 0.2) is 65.1 Å². The molecule has 6 heteroatoms. The second kappa shape index (κ2) is 6.94. The third kappa shape index (κ3) is 3.97. The van der Waals surface area contributed by atoms with Gasteiger partial charge in [-0.2, -0.15) is 4.98 Å². The summed E-state index contributed by atoms with van der Waals surface area (Å²) in [5.41, 5.74) is 1.76. The van der Waals surface area contributed by atoms with Crippen molar-refractivity contribution in [1.29, 1.82) is 0 Å². The van der Waals surface area contributed by atoms with Crippen molar-refractivity contribution in [2.75, 3.05) is 17.6 Å². The molecule has 0 aliphatic heterocycles. The number of nitrogens with zero attached hydrogens (tertiary/aromatic N) is 2. The Morgan fingerprint density at radius 3 is 2.16 bits per heavy atom. The van der Waals surface area contributed by atoms with Gasteiger partial charge in [-0.15, -0.1) is 0 Å². The number of rotatable bonds is 5. The zero-order valence-electron chi connectivity index (χ0n) is 14.0. The molecule has 5 nitrogen and oxygen atoms in total. The van der Waals surface area contributed by atoms with Gasteiger partial charge in [0, 0.05) is 18.7 Å². The average Bonchev–Trinajstić information content (AvgIpc) is 3.04. The van der Waals surface area contributed by atoms with Gasteiger partial charge >= 0.3 is 0 Å². The summed E-state index contributed by atoms with van der Waals surface area (Å²) in [5.74, 6) is 1.02. The van der Waals surface area contributed by atoms with Gasteiger partial charge in [0.05, 0.1) is 6.26 Å². The maximum atomic E-state index is 11.9. The number of hydrogen-bond donors (Lipinski definition) is 0. The van der Waals surface area contributed by atoms with E-state index in [-0.39, 0.29) is 5.82 Å². The van der Waals surface area contributed by atoms with Crippen molar-refractivity contribution in [3.8, 4) is 11.3 Å².